The van der Waals surface area contributed by atoms with Gasteiger partial charge >= 0.3 is 0 Å². The number of piperidine rings is 1. The summed E-state index contributed by atoms with van der Waals surface area (Å²) in [7, 11) is -3.93. The molecule has 0 bridgehead atoms. The third kappa shape index (κ3) is 3.68. The van der Waals surface area contributed by atoms with Gasteiger partial charge in [-0.05, 0) is 25.0 Å². The molecule has 0 N–H and O–H groups in total. The molecule has 2 heterocycles. The van der Waals surface area contributed by atoms with Gasteiger partial charge in [0.15, 0.2) is 0 Å². The van der Waals surface area contributed by atoms with Gasteiger partial charge in [0.25, 0.3) is 0 Å². The van der Waals surface area contributed by atoms with Gasteiger partial charge in [-0.3, -0.25) is 4.98 Å². The van der Waals surface area contributed by atoms with Crippen molar-refractivity contribution in [2.24, 2.45) is 0 Å². The molecule has 0 spiro atoms. The van der Waals surface area contributed by atoms with Gasteiger partial charge in [0, 0.05) is 31.5 Å². The van der Waals surface area contributed by atoms with Crippen LogP contribution in [0.5, 0.6) is 5.88 Å². The van der Waals surface area contributed by atoms with E-state index < -0.39 is 21.7 Å². The fourth-order valence-corrected chi connectivity index (χ4v) is 4.05. The maximum Gasteiger partial charge on any atom is 0.243 e. The van der Waals surface area contributed by atoms with Crippen molar-refractivity contribution in [2.75, 3.05) is 13.1 Å². The van der Waals surface area contributed by atoms with E-state index in [1.807, 2.05) is 0 Å². The van der Waals surface area contributed by atoms with Gasteiger partial charge in [-0.1, -0.05) is 0 Å². The van der Waals surface area contributed by atoms with E-state index in [2.05, 4.69) is 9.97 Å². The summed E-state index contributed by atoms with van der Waals surface area (Å²) < 4.78 is 58.4. The van der Waals surface area contributed by atoms with Crippen molar-refractivity contribution in [2.45, 2.75) is 23.8 Å². The number of nitrogens with zero attached hydrogens (tertiary/aromatic N) is 3. The SMILES string of the molecule is O=S(=O)(c1cc(F)cc(F)c1)N1CCC(Oc2cnccn2)CC1. The normalized spacial score (nSPS) is 16.9. The van der Waals surface area contributed by atoms with Crippen LogP contribution in [-0.4, -0.2) is 41.9 Å². The Morgan fingerprint density at radius 3 is 2.33 bits per heavy atom. The summed E-state index contributed by atoms with van der Waals surface area (Å²) in [5.41, 5.74) is 0. The van der Waals surface area contributed by atoms with Crippen LogP contribution in [-0.2, 0) is 10.0 Å². The largest absolute Gasteiger partial charge is 0.473 e. The number of aromatic nitrogens is 2. The fourth-order valence-electron chi connectivity index (χ4n) is 2.53. The number of hydrogen-bond donors (Lipinski definition) is 0. The molecule has 1 aliphatic rings. The molecule has 1 saturated heterocycles. The van der Waals surface area contributed by atoms with Gasteiger partial charge < -0.3 is 4.74 Å². The van der Waals surface area contributed by atoms with Crippen molar-refractivity contribution in [3.05, 3.63) is 48.4 Å². The van der Waals surface area contributed by atoms with Crippen molar-refractivity contribution >= 4 is 10.0 Å². The standard InChI is InChI=1S/C15H15F2N3O3S/c16-11-7-12(17)9-14(8-11)24(21,22)20-5-1-13(2-6-20)23-15-10-18-3-4-19-15/h3-4,7-10,13H,1-2,5-6H2. The first kappa shape index (κ1) is 16.7. The van der Waals surface area contributed by atoms with Gasteiger partial charge in [-0.25, -0.2) is 22.2 Å². The molecule has 1 aliphatic heterocycles. The highest BCUT2D eigenvalue weighted by molar-refractivity contribution is 7.89. The minimum atomic E-state index is -3.93. The Labute approximate surface area is 138 Å². The molecule has 2 aromatic rings. The van der Waals surface area contributed by atoms with Crippen LogP contribution in [0.1, 0.15) is 12.8 Å². The molecule has 0 unspecified atom stereocenters. The Morgan fingerprint density at radius 1 is 1.08 bits per heavy atom. The van der Waals surface area contributed by atoms with Gasteiger partial charge in [0.1, 0.15) is 17.7 Å². The third-order valence-corrected chi connectivity index (χ3v) is 5.58. The summed E-state index contributed by atoms with van der Waals surface area (Å²) >= 11 is 0. The molecule has 0 atom stereocenters. The van der Waals surface area contributed by atoms with E-state index in [0.717, 1.165) is 12.1 Å². The van der Waals surface area contributed by atoms with Crippen LogP contribution < -0.4 is 4.74 Å². The minimum Gasteiger partial charge on any atom is -0.473 e. The van der Waals surface area contributed by atoms with Crippen LogP contribution in [0.15, 0.2) is 41.7 Å². The first-order valence-electron chi connectivity index (χ1n) is 7.34. The summed E-state index contributed by atoms with van der Waals surface area (Å²) in [5.74, 6) is -1.46. The van der Waals surface area contributed by atoms with Crippen LogP contribution in [0.2, 0.25) is 0 Å². The molecule has 0 aliphatic carbocycles. The summed E-state index contributed by atoms with van der Waals surface area (Å²) in [6.45, 7) is 0.400. The fraction of sp³-hybridized carbons (Fsp3) is 0.333. The molecule has 0 radical (unpaired) electrons. The molecule has 0 amide bonds. The van der Waals surface area contributed by atoms with E-state index in [1.165, 1.54) is 22.9 Å². The van der Waals surface area contributed by atoms with Crippen molar-refractivity contribution in [3.63, 3.8) is 0 Å². The van der Waals surface area contributed by atoms with Gasteiger partial charge in [-0.2, -0.15) is 4.31 Å². The molecule has 1 aromatic carbocycles. The molecule has 24 heavy (non-hydrogen) atoms. The van der Waals surface area contributed by atoms with Crippen LogP contribution >= 0.6 is 0 Å². The number of halogens is 2. The zero-order valence-electron chi connectivity index (χ0n) is 12.6. The summed E-state index contributed by atoms with van der Waals surface area (Å²) in [5, 5.41) is 0. The minimum absolute atomic E-state index is 0.183. The zero-order chi connectivity index (χ0) is 17.2. The number of ether oxygens (including phenoxy) is 1. The number of rotatable bonds is 4. The Bertz CT molecular complexity index is 790. The van der Waals surface area contributed by atoms with Crippen LogP contribution in [0.4, 0.5) is 8.78 Å². The topological polar surface area (TPSA) is 72.4 Å². The summed E-state index contributed by atoms with van der Waals surface area (Å²) in [4.78, 5) is 7.52. The average molecular weight is 355 g/mol. The molecular formula is C15H15F2N3O3S. The Morgan fingerprint density at radius 2 is 1.75 bits per heavy atom. The molecule has 0 saturated carbocycles. The second-order valence-corrected chi connectivity index (χ2v) is 7.31. The lowest BCUT2D eigenvalue weighted by Crippen LogP contribution is -2.41. The maximum absolute atomic E-state index is 13.3. The van der Waals surface area contributed by atoms with Crippen molar-refractivity contribution < 1.29 is 21.9 Å². The number of benzene rings is 1. The Balaban J connectivity index is 1.67. The first-order valence-corrected chi connectivity index (χ1v) is 8.78. The van der Waals surface area contributed by atoms with Crippen LogP contribution in [0.25, 0.3) is 0 Å². The molecule has 9 heteroatoms. The van der Waals surface area contributed by atoms with Crippen molar-refractivity contribution in [1.82, 2.24) is 14.3 Å². The predicted molar refractivity (Wildman–Crippen MR) is 80.8 cm³/mol. The average Bonchev–Trinajstić information content (AvgIpc) is 2.55. The molecule has 1 fully saturated rings. The van der Waals surface area contributed by atoms with E-state index in [1.54, 1.807) is 0 Å². The van der Waals surface area contributed by atoms with Gasteiger partial charge in [-0.15, -0.1) is 0 Å². The van der Waals surface area contributed by atoms with Crippen LogP contribution in [0, 0.1) is 11.6 Å². The smallest absolute Gasteiger partial charge is 0.243 e. The Kier molecular flexibility index (Phi) is 4.72. The van der Waals surface area contributed by atoms with E-state index in [9.17, 15) is 17.2 Å². The molecule has 6 nitrogen and oxygen atoms in total. The predicted octanol–water partition coefficient (Wildman–Crippen LogP) is 1.99. The van der Waals surface area contributed by atoms with E-state index in [-0.39, 0.29) is 24.1 Å². The molecule has 1 aromatic heterocycles. The molecular weight excluding hydrogens is 340 g/mol. The highest BCUT2D eigenvalue weighted by Crippen LogP contribution is 2.24. The van der Waals surface area contributed by atoms with Crippen LogP contribution in [0.3, 0.4) is 0 Å². The lowest BCUT2D eigenvalue weighted by atomic mass is 10.1. The van der Waals surface area contributed by atoms with Crippen molar-refractivity contribution in [1.29, 1.82) is 0 Å². The quantitative estimate of drug-likeness (QED) is 0.839. The monoisotopic (exact) mass is 355 g/mol. The lowest BCUT2D eigenvalue weighted by molar-refractivity contribution is 0.129. The van der Waals surface area contributed by atoms with Gasteiger partial charge in [0.05, 0.1) is 11.1 Å². The second-order valence-electron chi connectivity index (χ2n) is 5.37. The van der Waals surface area contributed by atoms with E-state index in [0.29, 0.717) is 24.8 Å². The Hall–Kier alpha value is -2.13. The summed E-state index contributed by atoms with van der Waals surface area (Å²) in [6, 6.07) is 2.28. The van der Waals surface area contributed by atoms with E-state index >= 15 is 0 Å². The molecule has 128 valence electrons. The van der Waals surface area contributed by atoms with Crippen molar-refractivity contribution in [3.8, 4) is 5.88 Å². The number of sulfonamides is 1. The van der Waals surface area contributed by atoms with Gasteiger partial charge in [0.2, 0.25) is 15.9 Å². The zero-order valence-corrected chi connectivity index (χ0v) is 13.4. The maximum atomic E-state index is 13.3. The first-order chi connectivity index (χ1) is 11.4. The van der Waals surface area contributed by atoms with E-state index in [4.69, 9.17) is 4.74 Å². The highest BCUT2D eigenvalue weighted by Gasteiger charge is 2.31. The number of hydrogen-bond acceptors (Lipinski definition) is 5. The molecule has 3 rings (SSSR count). The summed E-state index contributed by atoms with van der Waals surface area (Å²) in [6.07, 6.45) is 5.24. The third-order valence-electron chi connectivity index (χ3n) is 3.70. The lowest BCUT2D eigenvalue weighted by Gasteiger charge is -2.31. The highest BCUT2D eigenvalue weighted by atomic mass is 32.2. The second kappa shape index (κ2) is 6.78.